The number of rotatable bonds is 4. The fraction of sp³-hybridized carbons (Fsp3) is 0.267. The first-order valence-electron chi connectivity index (χ1n) is 6.31. The molecule has 1 aromatic carbocycles. The SMILES string of the molecule is COc1ccc(CNc2ccc(C(F)(F)F)nc2)cc1C. The molecular weight excluding hydrogens is 281 g/mol. The standard InChI is InChI=1S/C15H15F3N2O/c1-10-7-11(3-5-13(10)21-2)8-19-12-4-6-14(20-9-12)15(16,17)18/h3-7,9,19H,8H2,1-2H3. The zero-order valence-electron chi connectivity index (χ0n) is 11.7. The Kier molecular flexibility index (Phi) is 4.35. The minimum Gasteiger partial charge on any atom is -0.496 e. The lowest BCUT2D eigenvalue weighted by Crippen LogP contribution is -2.08. The second-order valence-corrected chi connectivity index (χ2v) is 4.59. The van der Waals surface area contributed by atoms with Crippen molar-refractivity contribution in [3.05, 3.63) is 53.3 Å². The maximum absolute atomic E-state index is 12.4. The van der Waals surface area contributed by atoms with E-state index in [1.54, 1.807) is 7.11 Å². The summed E-state index contributed by atoms with van der Waals surface area (Å²) >= 11 is 0. The molecule has 0 amide bonds. The number of benzene rings is 1. The molecule has 1 aromatic heterocycles. The molecule has 0 spiro atoms. The van der Waals surface area contributed by atoms with E-state index in [0.717, 1.165) is 22.9 Å². The van der Waals surface area contributed by atoms with Crippen molar-refractivity contribution in [3.63, 3.8) is 0 Å². The molecule has 0 saturated carbocycles. The van der Waals surface area contributed by atoms with Gasteiger partial charge in [-0.1, -0.05) is 12.1 Å². The smallest absolute Gasteiger partial charge is 0.433 e. The van der Waals surface area contributed by atoms with Gasteiger partial charge in [0.2, 0.25) is 0 Å². The Bertz CT molecular complexity index is 609. The first-order chi connectivity index (χ1) is 9.90. The van der Waals surface area contributed by atoms with Gasteiger partial charge in [0.15, 0.2) is 0 Å². The van der Waals surface area contributed by atoms with Crippen molar-refractivity contribution in [1.82, 2.24) is 4.98 Å². The lowest BCUT2D eigenvalue weighted by Gasteiger charge is -2.10. The fourth-order valence-corrected chi connectivity index (χ4v) is 1.92. The van der Waals surface area contributed by atoms with Crippen LogP contribution in [0.5, 0.6) is 5.75 Å². The van der Waals surface area contributed by atoms with Crippen molar-refractivity contribution < 1.29 is 17.9 Å². The summed E-state index contributed by atoms with van der Waals surface area (Å²) in [7, 11) is 1.61. The number of ether oxygens (including phenoxy) is 1. The second-order valence-electron chi connectivity index (χ2n) is 4.59. The molecule has 0 atom stereocenters. The average Bonchev–Trinajstić information content (AvgIpc) is 2.45. The van der Waals surface area contributed by atoms with Gasteiger partial charge in [-0.2, -0.15) is 13.2 Å². The van der Waals surface area contributed by atoms with E-state index in [0.29, 0.717) is 12.2 Å². The molecule has 21 heavy (non-hydrogen) atoms. The third kappa shape index (κ3) is 3.87. The monoisotopic (exact) mass is 296 g/mol. The van der Waals surface area contributed by atoms with E-state index in [4.69, 9.17) is 4.74 Å². The van der Waals surface area contributed by atoms with Crippen LogP contribution in [0.4, 0.5) is 18.9 Å². The third-order valence-corrected chi connectivity index (χ3v) is 3.01. The molecule has 0 aliphatic carbocycles. The topological polar surface area (TPSA) is 34.1 Å². The van der Waals surface area contributed by atoms with Crippen LogP contribution < -0.4 is 10.1 Å². The number of anilines is 1. The van der Waals surface area contributed by atoms with E-state index in [1.165, 1.54) is 12.3 Å². The number of aromatic nitrogens is 1. The van der Waals surface area contributed by atoms with Crippen LogP contribution >= 0.6 is 0 Å². The summed E-state index contributed by atoms with van der Waals surface area (Å²) < 4.78 is 42.3. The van der Waals surface area contributed by atoms with Crippen molar-refractivity contribution in [2.45, 2.75) is 19.6 Å². The maximum atomic E-state index is 12.4. The Morgan fingerprint density at radius 1 is 1.19 bits per heavy atom. The van der Waals surface area contributed by atoms with Crippen LogP contribution in [0, 0.1) is 6.92 Å². The highest BCUT2D eigenvalue weighted by atomic mass is 19.4. The van der Waals surface area contributed by atoms with Gasteiger partial charge in [0, 0.05) is 6.54 Å². The molecule has 0 bridgehead atoms. The summed E-state index contributed by atoms with van der Waals surface area (Å²) in [5, 5.41) is 3.03. The van der Waals surface area contributed by atoms with Crippen molar-refractivity contribution in [1.29, 1.82) is 0 Å². The zero-order chi connectivity index (χ0) is 15.5. The zero-order valence-corrected chi connectivity index (χ0v) is 11.7. The van der Waals surface area contributed by atoms with E-state index < -0.39 is 11.9 Å². The number of hydrogen-bond donors (Lipinski definition) is 1. The van der Waals surface area contributed by atoms with Gasteiger partial charge in [-0.3, -0.25) is 0 Å². The Morgan fingerprint density at radius 3 is 2.48 bits per heavy atom. The number of pyridine rings is 1. The molecule has 0 saturated heterocycles. The number of hydrogen-bond acceptors (Lipinski definition) is 3. The number of alkyl halides is 3. The van der Waals surface area contributed by atoms with Crippen LogP contribution in [0.25, 0.3) is 0 Å². The highest BCUT2D eigenvalue weighted by molar-refractivity contribution is 5.43. The fourth-order valence-electron chi connectivity index (χ4n) is 1.92. The van der Waals surface area contributed by atoms with Crippen LogP contribution in [-0.2, 0) is 12.7 Å². The summed E-state index contributed by atoms with van der Waals surface area (Å²) in [5.41, 5.74) is 1.65. The number of nitrogens with one attached hydrogen (secondary N) is 1. The van der Waals surface area contributed by atoms with E-state index in [-0.39, 0.29) is 0 Å². The summed E-state index contributed by atoms with van der Waals surface area (Å²) in [6, 6.07) is 8.05. The number of methoxy groups -OCH3 is 1. The van der Waals surface area contributed by atoms with E-state index in [9.17, 15) is 13.2 Å². The van der Waals surface area contributed by atoms with Crippen molar-refractivity contribution in [2.75, 3.05) is 12.4 Å². The quantitative estimate of drug-likeness (QED) is 0.925. The molecule has 0 aliphatic heterocycles. The van der Waals surface area contributed by atoms with Crippen LogP contribution in [0.1, 0.15) is 16.8 Å². The minimum atomic E-state index is -4.41. The summed E-state index contributed by atoms with van der Waals surface area (Å²) in [6.07, 6.45) is -3.23. The molecule has 1 N–H and O–H groups in total. The van der Waals surface area contributed by atoms with E-state index in [1.807, 2.05) is 25.1 Å². The molecule has 112 valence electrons. The lowest BCUT2D eigenvalue weighted by atomic mass is 10.1. The Morgan fingerprint density at radius 2 is 1.95 bits per heavy atom. The van der Waals surface area contributed by atoms with Gasteiger partial charge in [0.05, 0.1) is 19.0 Å². The molecule has 1 heterocycles. The van der Waals surface area contributed by atoms with Gasteiger partial charge < -0.3 is 10.1 Å². The van der Waals surface area contributed by atoms with E-state index >= 15 is 0 Å². The Hall–Kier alpha value is -2.24. The minimum absolute atomic E-state index is 0.498. The van der Waals surface area contributed by atoms with Gasteiger partial charge in [-0.25, -0.2) is 4.98 Å². The number of halogens is 3. The molecule has 3 nitrogen and oxygen atoms in total. The Balaban J connectivity index is 2.01. The maximum Gasteiger partial charge on any atom is 0.433 e. The highest BCUT2D eigenvalue weighted by Crippen LogP contribution is 2.28. The lowest BCUT2D eigenvalue weighted by molar-refractivity contribution is -0.141. The molecule has 2 aromatic rings. The predicted molar refractivity (Wildman–Crippen MR) is 74.3 cm³/mol. The van der Waals surface area contributed by atoms with Gasteiger partial charge in [0.1, 0.15) is 11.4 Å². The van der Waals surface area contributed by atoms with E-state index in [2.05, 4.69) is 10.3 Å². The molecular formula is C15H15F3N2O. The highest BCUT2D eigenvalue weighted by Gasteiger charge is 2.31. The number of aryl methyl sites for hydroxylation is 1. The van der Waals surface area contributed by atoms with Crippen molar-refractivity contribution in [3.8, 4) is 5.75 Å². The summed E-state index contributed by atoms with van der Waals surface area (Å²) in [6.45, 7) is 2.43. The normalized spacial score (nSPS) is 11.3. The summed E-state index contributed by atoms with van der Waals surface area (Å²) in [4.78, 5) is 3.40. The van der Waals surface area contributed by atoms with Crippen LogP contribution in [-0.4, -0.2) is 12.1 Å². The van der Waals surface area contributed by atoms with Gasteiger partial charge in [-0.15, -0.1) is 0 Å². The first-order valence-corrected chi connectivity index (χ1v) is 6.31. The van der Waals surface area contributed by atoms with Gasteiger partial charge in [0.25, 0.3) is 0 Å². The van der Waals surface area contributed by atoms with Crippen LogP contribution in [0.3, 0.4) is 0 Å². The molecule has 0 unspecified atom stereocenters. The molecule has 0 aliphatic rings. The molecule has 6 heteroatoms. The molecule has 2 rings (SSSR count). The van der Waals surface area contributed by atoms with Crippen LogP contribution in [0.2, 0.25) is 0 Å². The Labute approximate surface area is 120 Å². The second kappa shape index (κ2) is 6.03. The van der Waals surface area contributed by atoms with Gasteiger partial charge >= 0.3 is 6.18 Å². The number of nitrogens with zero attached hydrogens (tertiary/aromatic N) is 1. The van der Waals surface area contributed by atoms with Gasteiger partial charge in [-0.05, 0) is 36.2 Å². The largest absolute Gasteiger partial charge is 0.496 e. The predicted octanol–water partition coefficient (Wildman–Crippen LogP) is 4.03. The third-order valence-electron chi connectivity index (χ3n) is 3.01. The molecule has 0 radical (unpaired) electrons. The van der Waals surface area contributed by atoms with Crippen molar-refractivity contribution in [2.24, 2.45) is 0 Å². The van der Waals surface area contributed by atoms with Crippen molar-refractivity contribution >= 4 is 5.69 Å². The summed E-state index contributed by atoms with van der Waals surface area (Å²) in [5.74, 6) is 0.801. The first kappa shape index (κ1) is 15.2. The average molecular weight is 296 g/mol. The van der Waals surface area contributed by atoms with Crippen LogP contribution in [0.15, 0.2) is 36.5 Å². The molecule has 0 fully saturated rings.